The Bertz CT molecular complexity index is 1220. The number of benzene rings is 2. The smallest absolute Gasteiger partial charge is 0.416 e. The number of halogens is 3. The van der Waals surface area contributed by atoms with E-state index >= 15 is 0 Å². The molecule has 8 heteroatoms. The Labute approximate surface area is 214 Å². The van der Waals surface area contributed by atoms with E-state index < -0.39 is 23.3 Å². The topological polar surface area (TPSA) is 48.4 Å². The van der Waals surface area contributed by atoms with Gasteiger partial charge in [-0.1, -0.05) is 18.2 Å². The van der Waals surface area contributed by atoms with Crippen molar-refractivity contribution in [2.24, 2.45) is 0 Å². The van der Waals surface area contributed by atoms with Gasteiger partial charge in [0.15, 0.2) is 6.61 Å². The fourth-order valence-corrected chi connectivity index (χ4v) is 4.80. The van der Waals surface area contributed by atoms with E-state index in [1.54, 1.807) is 11.8 Å². The quantitative estimate of drug-likeness (QED) is 0.235. The zero-order chi connectivity index (χ0) is 26.7. The van der Waals surface area contributed by atoms with Crippen molar-refractivity contribution in [3.8, 4) is 17.0 Å². The lowest BCUT2D eigenvalue weighted by Crippen LogP contribution is -2.27. The number of hydrogen-bond acceptors (Lipinski definition) is 5. The van der Waals surface area contributed by atoms with Crippen molar-refractivity contribution >= 4 is 17.7 Å². The molecule has 0 aliphatic carbocycles. The van der Waals surface area contributed by atoms with Crippen LogP contribution in [-0.2, 0) is 15.7 Å². The summed E-state index contributed by atoms with van der Waals surface area (Å²) in [7, 11) is 0. The molecule has 0 saturated heterocycles. The summed E-state index contributed by atoms with van der Waals surface area (Å²) in [5.74, 6) is 0.202. The number of aromatic nitrogens is 1. The van der Waals surface area contributed by atoms with Crippen LogP contribution in [0.25, 0.3) is 11.3 Å². The molecule has 0 radical (unpaired) electrons. The van der Waals surface area contributed by atoms with Gasteiger partial charge in [0.2, 0.25) is 0 Å². The number of alkyl halides is 3. The molecular formula is C28H30F3NO3S. The number of rotatable bonds is 7. The van der Waals surface area contributed by atoms with E-state index in [0.717, 1.165) is 33.8 Å². The highest BCUT2D eigenvalue weighted by atomic mass is 32.2. The van der Waals surface area contributed by atoms with E-state index in [1.807, 2.05) is 65.0 Å². The van der Waals surface area contributed by atoms with Crippen LogP contribution in [0, 0.1) is 13.8 Å². The van der Waals surface area contributed by atoms with Gasteiger partial charge < -0.3 is 9.47 Å². The number of pyridine rings is 1. The van der Waals surface area contributed by atoms with Gasteiger partial charge in [-0.2, -0.15) is 13.2 Å². The highest BCUT2D eigenvalue weighted by molar-refractivity contribution is 7.99. The second kappa shape index (κ2) is 10.9. The molecule has 0 aliphatic rings. The van der Waals surface area contributed by atoms with Crippen molar-refractivity contribution in [2.45, 2.75) is 63.5 Å². The van der Waals surface area contributed by atoms with Crippen LogP contribution in [-0.4, -0.2) is 23.2 Å². The molecule has 1 unspecified atom stereocenters. The van der Waals surface area contributed by atoms with Crippen molar-refractivity contribution in [3.63, 3.8) is 0 Å². The Morgan fingerprint density at radius 1 is 1.00 bits per heavy atom. The van der Waals surface area contributed by atoms with Crippen LogP contribution < -0.4 is 4.74 Å². The molecule has 3 aromatic rings. The summed E-state index contributed by atoms with van der Waals surface area (Å²) < 4.78 is 49.4. The van der Waals surface area contributed by atoms with Crippen LogP contribution in [0.1, 0.15) is 55.3 Å². The molecule has 1 aromatic heterocycles. The maximum absolute atomic E-state index is 12.8. The number of thioether (sulfide) groups is 1. The van der Waals surface area contributed by atoms with Crippen molar-refractivity contribution in [1.82, 2.24) is 4.98 Å². The lowest BCUT2D eigenvalue weighted by atomic mass is 10.1. The summed E-state index contributed by atoms with van der Waals surface area (Å²) in [5.41, 5.74) is 2.79. The van der Waals surface area contributed by atoms with Crippen LogP contribution in [0.2, 0.25) is 0 Å². The van der Waals surface area contributed by atoms with Gasteiger partial charge in [0, 0.05) is 21.4 Å². The van der Waals surface area contributed by atoms with Gasteiger partial charge >= 0.3 is 12.1 Å². The second-order valence-electron chi connectivity index (χ2n) is 9.51. The van der Waals surface area contributed by atoms with E-state index in [0.29, 0.717) is 17.0 Å². The molecule has 4 nitrogen and oxygen atoms in total. The second-order valence-corrected chi connectivity index (χ2v) is 10.9. The molecule has 0 saturated carbocycles. The predicted molar refractivity (Wildman–Crippen MR) is 136 cm³/mol. The minimum absolute atomic E-state index is 0.0899. The molecule has 1 atom stereocenters. The highest BCUT2D eigenvalue weighted by Crippen LogP contribution is 2.38. The number of carbonyl (C=O) groups is 1. The standard InChI is InChI=1S/C28H30F3NO3S/c1-17-15-22(11-14-25(17)34-16-26(33)35-27(4,5)6)36-19(3)23-12-13-24(32-18(23)2)20-7-9-21(10-8-20)28(29,30)31/h7-15,19H,16H2,1-6H3. The molecule has 1 heterocycles. The van der Waals surface area contributed by atoms with E-state index in [1.165, 1.54) is 12.1 Å². The number of nitrogens with zero attached hydrogens (tertiary/aromatic N) is 1. The molecule has 0 N–H and O–H groups in total. The lowest BCUT2D eigenvalue weighted by Gasteiger charge is -2.20. The van der Waals surface area contributed by atoms with E-state index in [-0.39, 0.29) is 11.9 Å². The average Bonchev–Trinajstić information content (AvgIpc) is 2.76. The summed E-state index contributed by atoms with van der Waals surface area (Å²) in [4.78, 5) is 17.6. The third-order valence-corrected chi connectivity index (χ3v) is 6.43. The Kier molecular flexibility index (Phi) is 8.39. The molecule has 2 aromatic carbocycles. The van der Waals surface area contributed by atoms with E-state index in [9.17, 15) is 18.0 Å². The predicted octanol–water partition coefficient (Wildman–Crippen LogP) is 7.96. The van der Waals surface area contributed by atoms with Gasteiger partial charge in [-0.05, 0) is 89.1 Å². The average molecular weight is 518 g/mol. The van der Waals surface area contributed by atoms with Crippen molar-refractivity contribution in [3.05, 3.63) is 77.0 Å². The third-order valence-electron chi connectivity index (χ3n) is 5.30. The van der Waals surface area contributed by atoms with E-state index in [4.69, 9.17) is 9.47 Å². The fourth-order valence-electron chi connectivity index (χ4n) is 3.62. The minimum Gasteiger partial charge on any atom is -0.482 e. The first-order chi connectivity index (χ1) is 16.7. The minimum atomic E-state index is -4.36. The van der Waals surface area contributed by atoms with Gasteiger partial charge in [0.1, 0.15) is 11.4 Å². The van der Waals surface area contributed by atoms with Crippen molar-refractivity contribution < 1.29 is 27.4 Å². The van der Waals surface area contributed by atoms with Crippen molar-refractivity contribution in [2.75, 3.05) is 6.61 Å². The Morgan fingerprint density at radius 3 is 2.22 bits per heavy atom. The summed E-state index contributed by atoms with van der Waals surface area (Å²) in [6.07, 6.45) is -4.36. The largest absolute Gasteiger partial charge is 0.482 e. The third kappa shape index (κ3) is 7.50. The Morgan fingerprint density at radius 2 is 1.67 bits per heavy atom. The fraction of sp³-hybridized carbons (Fsp3) is 0.357. The number of ether oxygens (including phenoxy) is 2. The van der Waals surface area contributed by atoms with Crippen LogP contribution in [0.3, 0.4) is 0 Å². The number of esters is 1. The molecule has 0 amide bonds. The van der Waals surface area contributed by atoms with Gasteiger partial charge in [-0.15, -0.1) is 11.8 Å². The lowest BCUT2D eigenvalue weighted by molar-refractivity contribution is -0.157. The summed E-state index contributed by atoms with van der Waals surface area (Å²) >= 11 is 1.66. The van der Waals surface area contributed by atoms with E-state index in [2.05, 4.69) is 11.9 Å². The highest BCUT2D eigenvalue weighted by Gasteiger charge is 2.30. The molecule has 192 valence electrons. The number of aryl methyl sites for hydroxylation is 2. The summed E-state index contributed by atoms with van der Waals surface area (Å²) in [6, 6.07) is 14.6. The van der Waals surface area contributed by atoms with Gasteiger partial charge in [0.25, 0.3) is 0 Å². The molecule has 36 heavy (non-hydrogen) atoms. The van der Waals surface area contributed by atoms with Gasteiger partial charge in [-0.25, -0.2) is 4.79 Å². The van der Waals surface area contributed by atoms with Crippen LogP contribution in [0.15, 0.2) is 59.5 Å². The maximum atomic E-state index is 12.8. The van der Waals surface area contributed by atoms with Gasteiger partial charge in [-0.3, -0.25) is 4.98 Å². The van der Waals surface area contributed by atoms with Crippen LogP contribution in [0.5, 0.6) is 5.75 Å². The molecule has 0 spiro atoms. The van der Waals surface area contributed by atoms with Crippen LogP contribution in [0.4, 0.5) is 13.2 Å². The first kappa shape index (κ1) is 27.6. The van der Waals surface area contributed by atoms with Crippen LogP contribution >= 0.6 is 11.8 Å². The monoisotopic (exact) mass is 517 g/mol. The molecule has 0 bridgehead atoms. The Hall–Kier alpha value is -3.00. The molecule has 0 fully saturated rings. The number of hydrogen-bond donors (Lipinski definition) is 0. The first-order valence-electron chi connectivity index (χ1n) is 11.5. The SMILES string of the molecule is Cc1cc(SC(C)c2ccc(-c3ccc(C(F)(F)F)cc3)nc2C)ccc1OCC(=O)OC(C)(C)C. The Balaban J connectivity index is 1.66. The number of carbonyl (C=O) groups excluding carboxylic acids is 1. The molecule has 0 aliphatic heterocycles. The summed E-state index contributed by atoms with van der Waals surface area (Å²) in [6.45, 7) is 11.2. The van der Waals surface area contributed by atoms with Gasteiger partial charge in [0.05, 0.1) is 11.3 Å². The zero-order valence-corrected chi connectivity index (χ0v) is 22.0. The summed E-state index contributed by atoms with van der Waals surface area (Å²) in [5, 5.41) is 0.0899. The zero-order valence-electron chi connectivity index (χ0n) is 21.2. The first-order valence-corrected chi connectivity index (χ1v) is 12.4. The molecular weight excluding hydrogens is 487 g/mol. The molecule has 3 rings (SSSR count). The van der Waals surface area contributed by atoms with Crippen molar-refractivity contribution in [1.29, 1.82) is 0 Å². The maximum Gasteiger partial charge on any atom is 0.416 e. The normalized spacial score (nSPS) is 12.8.